The molecule has 0 aliphatic carbocycles. The van der Waals surface area contributed by atoms with E-state index in [0.29, 0.717) is 17.3 Å². The molecule has 0 aromatic heterocycles. The number of nitrogens with two attached hydrogens (primary N) is 1. The van der Waals surface area contributed by atoms with Crippen LogP contribution in [0.3, 0.4) is 0 Å². The van der Waals surface area contributed by atoms with E-state index in [4.69, 9.17) is 26.8 Å². The molecule has 2 atom stereocenters. The maximum atomic E-state index is 6.31. The molecule has 2 unspecified atom stereocenters. The average Bonchev–Trinajstić information content (AvgIpc) is 2.97. The van der Waals surface area contributed by atoms with Crippen LogP contribution in [-0.2, 0) is 0 Å². The highest BCUT2D eigenvalue weighted by Crippen LogP contribution is 2.42. The molecule has 3 rings (SSSR count). The van der Waals surface area contributed by atoms with Crippen molar-refractivity contribution < 1.29 is 9.47 Å². The zero-order valence-corrected chi connectivity index (χ0v) is 13.2. The number of ether oxygens (including phenoxy) is 2. The third-order valence-corrected chi connectivity index (χ3v) is 4.91. The van der Waals surface area contributed by atoms with E-state index in [0.717, 1.165) is 30.3 Å². The number of benzene rings is 1. The molecule has 2 aliphatic heterocycles. The summed E-state index contributed by atoms with van der Waals surface area (Å²) in [4.78, 5) is 2.49. The molecular formula is C16H23ClN2O2. The minimum Gasteiger partial charge on any atom is -0.454 e. The van der Waals surface area contributed by atoms with Gasteiger partial charge in [0.15, 0.2) is 11.5 Å². The zero-order valence-electron chi connectivity index (χ0n) is 12.5. The third-order valence-electron chi connectivity index (χ3n) is 4.63. The van der Waals surface area contributed by atoms with Gasteiger partial charge in [-0.05, 0) is 43.0 Å². The zero-order chi connectivity index (χ0) is 14.8. The lowest BCUT2D eigenvalue weighted by molar-refractivity contribution is 0.124. The van der Waals surface area contributed by atoms with Crippen molar-refractivity contribution in [1.29, 1.82) is 0 Å². The summed E-state index contributed by atoms with van der Waals surface area (Å²) in [5.74, 6) is 2.17. The van der Waals surface area contributed by atoms with Gasteiger partial charge in [0.2, 0.25) is 6.79 Å². The molecule has 2 heterocycles. The first kappa shape index (κ1) is 14.9. The van der Waals surface area contributed by atoms with Crippen molar-refractivity contribution in [2.45, 2.75) is 32.2 Å². The predicted molar refractivity (Wildman–Crippen MR) is 84.0 cm³/mol. The Kier molecular flexibility index (Phi) is 4.57. The van der Waals surface area contributed by atoms with Gasteiger partial charge in [-0.3, -0.25) is 4.90 Å². The quantitative estimate of drug-likeness (QED) is 0.928. The van der Waals surface area contributed by atoms with Gasteiger partial charge in [-0.15, -0.1) is 0 Å². The highest BCUT2D eigenvalue weighted by atomic mass is 35.5. The second kappa shape index (κ2) is 6.42. The molecule has 2 N–H and O–H groups in total. The SMILES string of the molecule is CCC1CCCN(C(CN)c2cc(Cl)c3c(c2)OCO3)C1. The first-order chi connectivity index (χ1) is 10.2. The number of rotatable bonds is 4. The Morgan fingerprint density at radius 2 is 2.29 bits per heavy atom. The molecule has 21 heavy (non-hydrogen) atoms. The fraction of sp³-hybridized carbons (Fsp3) is 0.625. The number of nitrogens with zero attached hydrogens (tertiary/aromatic N) is 1. The number of likely N-dealkylation sites (tertiary alicyclic amines) is 1. The van der Waals surface area contributed by atoms with Crippen LogP contribution in [0.25, 0.3) is 0 Å². The van der Waals surface area contributed by atoms with Gasteiger partial charge in [0.05, 0.1) is 5.02 Å². The summed E-state index contributed by atoms with van der Waals surface area (Å²) in [7, 11) is 0. The summed E-state index contributed by atoms with van der Waals surface area (Å²) in [6, 6.07) is 4.20. The van der Waals surface area contributed by atoms with Gasteiger partial charge >= 0.3 is 0 Å². The molecule has 1 saturated heterocycles. The maximum Gasteiger partial charge on any atom is 0.231 e. The first-order valence-corrected chi connectivity index (χ1v) is 8.13. The highest BCUT2D eigenvalue weighted by Gasteiger charge is 2.28. The Labute approximate surface area is 131 Å². The number of halogens is 1. The largest absolute Gasteiger partial charge is 0.454 e. The van der Waals surface area contributed by atoms with Gasteiger partial charge in [-0.2, -0.15) is 0 Å². The molecule has 116 valence electrons. The lowest BCUT2D eigenvalue weighted by atomic mass is 9.93. The van der Waals surface area contributed by atoms with Crippen molar-refractivity contribution in [2.75, 3.05) is 26.4 Å². The summed E-state index contributed by atoms with van der Waals surface area (Å²) in [6.07, 6.45) is 3.80. The molecule has 0 spiro atoms. The average molecular weight is 311 g/mol. The van der Waals surface area contributed by atoms with E-state index in [1.54, 1.807) is 0 Å². The Morgan fingerprint density at radius 3 is 3.05 bits per heavy atom. The molecule has 4 nitrogen and oxygen atoms in total. The van der Waals surface area contributed by atoms with Crippen molar-refractivity contribution >= 4 is 11.6 Å². The lowest BCUT2D eigenvalue weighted by Gasteiger charge is -2.38. The van der Waals surface area contributed by atoms with Crippen LogP contribution in [0.5, 0.6) is 11.5 Å². The molecule has 0 amide bonds. The summed E-state index contributed by atoms with van der Waals surface area (Å²) in [5, 5.41) is 0.613. The second-order valence-corrected chi connectivity index (χ2v) is 6.31. The molecule has 5 heteroatoms. The molecular weight excluding hydrogens is 288 g/mol. The van der Waals surface area contributed by atoms with E-state index >= 15 is 0 Å². The molecule has 2 aliphatic rings. The van der Waals surface area contributed by atoms with E-state index in [-0.39, 0.29) is 12.8 Å². The lowest BCUT2D eigenvalue weighted by Crippen LogP contribution is -2.41. The Morgan fingerprint density at radius 1 is 1.43 bits per heavy atom. The molecule has 1 aromatic rings. The molecule has 0 radical (unpaired) electrons. The van der Waals surface area contributed by atoms with Crippen LogP contribution < -0.4 is 15.2 Å². The summed E-state index contributed by atoms with van der Waals surface area (Å²) in [6.45, 7) is 5.32. The monoisotopic (exact) mass is 310 g/mol. The van der Waals surface area contributed by atoms with Gasteiger partial charge in [-0.25, -0.2) is 0 Å². The van der Waals surface area contributed by atoms with Gasteiger partial charge in [0.1, 0.15) is 0 Å². The first-order valence-electron chi connectivity index (χ1n) is 7.76. The standard InChI is InChI=1S/C16H23ClN2O2/c1-2-11-4-3-5-19(9-11)14(8-18)12-6-13(17)16-15(7-12)20-10-21-16/h6-7,11,14H,2-5,8-10,18H2,1H3. The topological polar surface area (TPSA) is 47.7 Å². The van der Waals surface area contributed by atoms with Gasteiger partial charge < -0.3 is 15.2 Å². The number of piperidine rings is 1. The van der Waals surface area contributed by atoms with Crippen LogP contribution in [0.1, 0.15) is 37.8 Å². The molecule has 1 fully saturated rings. The van der Waals surface area contributed by atoms with Crippen molar-refractivity contribution in [3.05, 3.63) is 22.7 Å². The number of fused-ring (bicyclic) bond motifs is 1. The van der Waals surface area contributed by atoms with Crippen molar-refractivity contribution in [3.8, 4) is 11.5 Å². The minimum absolute atomic E-state index is 0.200. The highest BCUT2D eigenvalue weighted by molar-refractivity contribution is 6.32. The molecule has 0 bridgehead atoms. The van der Waals surface area contributed by atoms with E-state index in [2.05, 4.69) is 11.8 Å². The van der Waals surface area contributed by atoms with Gasteiger partial charge in [0.25, 0.3) is 0 Å². The number of hydrogen-bond acceptors (Lipinski definition) is 4. The van der Waals surface area contributed by atoms with E-state index in [1.807, 2.05) is 12.1 Å². The van der Waals surface area contributed by atoms with E-state index in [9.17, 15) is 0 Å². The summed E-state index contributed by atoms with van der Waals surface area (Å²) < 4.78 is 10.9. The van der Waals surface area contributed by atoms with E-state index < -0.39 is 0 Å². The Balaban J connectivity index is 1.84. The summed E-state index contributed by atoms with van der Waals surface area (Å²) >= 11 is 6.31. The van der Waals surface area contributed by atoms with Gasteiger partial charge in [0, 0.05) is 19.1 Å². The van der Waals surface area contributed by atoms with Crippen molar-refractivity contribution in [2.24, 2.45) is 11.7 Å². The fourth-order valence-electron chi connectivity index (χ4n) is 3.39. The van der Waals surface area contributed by atoms with Crippen LogP contribution >= 0.6 is 11.6 Å². The Hall–Kier alpha value is -0.970. The minimum atomic E-state index is 0.200. The number of hydrogen-bond donors (Lipinski definition) is 1. The normalized spacial score (nSPS) is 23.3. The van der Waals surface area contributed by atoms with Crippen LogP contribution in [0.15, 0.2) is 12.1 Å². The summed E-state index contributed by atoms with van der Waals surface area (Å²) in [5.41, 5.74) is 7.19. The maximum absolute atomic E-state index is 6.31. The van der Waals surface area contributed by atoms with Gasteiger partial charge in [-0.1, -0.05) is 24.9 Å². The van der Waals surface area contributed by atoms with Crippen LogP contribution in [-0.4, -0.2) is 31.3 Å². The fourth-order valence-corrected chi connectivity index (χ4v) is 3.66. The van der Waals surface area contributed by atoms with E-state index in [1.165, 1.54) is 19.3 Å². The smallest absolute Gasteiger partial charge is 0.231 e. The van der Waals surface area contributed by atoms with Crippen LogP contribution in [0.2, 0.25) is 5.02 Å². The van der Waals surface area contributed by atoms with Crippen LogP contribution in [0, 0.1) is 5.92 Å². The predicted octanol–water partition coefficient (Wildman–Crippen LogP) is 3.19. The molecule has 1 aromatic carbocycles. The van der Waals surface area contributed by atoms with Crippen molar-refractivity contribution in [1.82, 2.24) is 4.90 Å². The third kappa shape index (κ3) is 2.98. The Bertz CT molecular complexity index is 509. The second-order valence-electron chi connectivity index (χ2n) is 5.90. The van der Waals surface area contributed by atoms with Crippen LogP contribution in [0.4, 0.5) is 0 Å². The molecule has 0 saturated carbocycles. The van der Waals surface area contributed by atoms with Crippen molar-refractivity contribution in [3.63, 3.8) is 0 Å².